The molecule has 1 fully saturated rings. The van der Waals surface area contributed by atoms with Gasteiger partial charge in [-0.2, -0.15) is 0 Å². The molecule has 0 aromatic heterocycles. The molecule has 1 N–H and O–H groups in total. The minimum atomic E-state index is -4.30. The van der Waals surface area contributed by atoms with Crippen LogP contribution in [0.3, 0.4) is 0 Å². The first kappa shape index (κ1) is 23.1. The Hall–Kier alpha value is -1.55. The van der Waals surface area contributed by atoms with Crippen LogP contribution in [0.1, 0.15) is 69.9 Å². The number of rotatable bonds is 9. The van der Waals surface area contributed by atoms with Crippen LogP contribution in [0.15, 0.2) is 48.5 Å². The summed E-state index contributed by atoms with van der Waals surface area (Å²) in [7, 11) is -4.30. The third-order valence-electron chi connectivity index (χ3n) is 6.32. The van der Waals surface area contributed by atoms with Gasteiger partial charge >= 0.3 is 7.60 Å². The third kappa shape index (κ3) is 4.39. The Morgan fingerprint density at radius 3 is 1.87 bits per heavy atom. The molecule has 0 spiro atoms. The number of hydrogen-bond donors (Lipinski definition) is 1. The van der Waals surface area contributed by atoms with E-state index in [9.17, 15) is 18.2 Å². The first-order valence-electron chi connectivity index (χ1n) is 10.9. The Labute approximate surface area is 178 Å². The molecule has 0 heterocycles. The molecule has 30 heavy (non-hydrogen) atoms. The fourth-order valence-corrected chi connectivity index (χ4v) is 7.38. The lowest BCUT2D eigenvalue weighted by Crippen LogP contribution is -2.37. The normalized spacial score (nSPS) is 18.3. The molecule has 1 aliphatic rings. The van der Waals surface area contributed by atoms with Crippen LogP contribution in [-0.4, -0.2) is 11.0 Å². The largest absolute Gasteiger partial charge is 0.343 e. The van der Waals surface area contributed by atoms with E-state index in [-0.39, 0.29) is 12.0 Å². The van der Waals surface area contributed by atoms with Gasteiger partial charge < -0.3 is 9.42 Å². The summed E-state index contributed by atoms with van der Waals surface area (Å²) in [6, 6.07) is 11.5. The minimum absolute atomic E-state index is 0.164. The maximum atomic E-state index is 14.2. The highest BCUT2D eigenvalue weighted by molar-refractivity contribution is 7.54. The minimum Gasteiger partial charge on any atom is -0.323 e. The SMILES string of the molecule is CCCC(CC)OP(=O)(O)C(c1ccc(F)cc1)(c1ccc(F)cc1)C1CCCC1. The zero-order valence-electron chi connectivity index (χ0n) is 17.7. The molecule has 1 aliphatic carbocycles. The van der Waals surface area contributed by atoms with E-state index in [1.165, 1.54) is 24.3 Å². The van der Waals surface area contributed by atoms with E-state index in [1.54, 1.807) is 24.3 Å². The number of hydrogen-bond acceptors (Lipinski definition) is 2. The molecule has 2 aromatic rings. The van der Waals surface area contributed by atoms with E-state index in [0.717, 1.165) is 32.1 Å². The van der Waals surface area contributed by atoms with Gasteiger partial charge in [0.2, 0.25) is 0 Å². The topological polar surface area (TPSA) is 46.5 Å². The molecule has 164 valence electrons. The van der Waals surface area contributed by atoms with Gasteiger partial charge in [0, 0.05) is 0 Å². The second-order valence-corrected chi connectivity index (χ2v) is 10.2. The van der Waals surface area contributed by atoms with E-state index in [0.29, 0.717) is 24.0 Å². The smallest absolute Gasteiger partial charge is 0.323 e. The monoisotopic (exact) mass is 436 g/mol. The Bertz CT molecular complexity index is 816. The van der Waals surface area contributed by atoms with Gasteiger partial charge in [0.05, 0.1) is 6.10 Å². The predicted molar refractivity (Wildman–Crippen MR) is 115 cm³/mol. The molecule has 0 bridgehead atoms. The second-order valence-electron chi connectivity index (χ2n) is 8.21. The quantitative estimate of drug-likeness (QED) is 0.424. The maximum absolute atomic E-state index is 14.2. The molecule has 0 amide bonds. The highest BCUT2D eigenvalue weighted by atomic mass is 31.2. The van der Waals surface area contributed by atoms with Crippen LogP contribution in [0.5, 0.6) is 0 Å². The summed E-state index contributed by atoms with van der Waals surface area (Å²) in [5.41, 5.74) is 1.08. The molecular formula is C24H31F2O3P. The van der Waals surface area contributed by atoms with Gasteiger partial charge in [-0.1, -0.05) is 57.4 Å². The van der Waals surface area contributed by atoms with Crippen molar-refractivity contribution in [3.05, 3.63) is 71.3 Å². The average molecular weight is 436 g/mol. The van der Waals surface area contributed by atoms with Crippen LogP contribution >= 0.6 is 7.60 Å². The van der Waals surface area contributed by atoms with E-state index < -0.39 is 24.4 Å². The lowest BCUT2D eigenvalue weighted by molar-refractivity contribution is 0.141. The van der Waals surface area contributed by atoms with E-state index in [4.69, 9.17) is 4.52 Å². The van der Waals surface area contributed by atoms with Crippen LogP contribution in [0.25, 0.3) is 0 Å². The van der Waals surface area contributed by atoms with Gasteiger partial charge in [0.25, 0.3) is 0 Å². The Kier molecular flexibility index (Phi) is 7.49. The number of halogens is 2. The number of benzene rings is 2. The molecule has 2 unspecified atom stereocenters. The molecule has 0 aliphatic heterocycles. The maximum Gasteiger partial charge on any atom is 0.343 e. The summed E-state index contributed by atoms with van der Waals surface area (Å²) < 4.78 is 47.7. The summed E-state index contributed by atoms with van der Waals surface area (Å²) in [5.74, 6) is -0.989. The van der Waals surface area contributed by atoms with Crippen molar-refractivity contribution in [3.8, 4) is 0 Å². The van der Waals surface area contributed by atoms with Gasteiger partial charge in [-0.3, -0.25) is 4.57 Å². The van der Waals surface area contributed by atoms with Crippen molar-refractivity contribution >= 4 is 7.60 Å². The molecule has 0 saturated heterocycles. The zero-order chi connectivity index (χ0) is 21.8. The fourth-order valence-electron chi connectivity index (χ4n) is 4.89. The molecule has 2 atom stereocenters. The van der Waals surface area contributed by atoms with E-state index in [1.807, 2.05) is 13.8 Å². The van der Waals surface area contributed by atoms with Crippen molar-refractivity contribution in [2.45, 2.75) is 70.1 Å². The highest BCUT2D eigenvalue weighted by Crippen LogP contribution is 2.70. The van der Waals surface area contributed by atoms with Crippen LogP contribution in [0.4, 0.5) is 8.78 Å². The highest BCUT2D eigenvalue weighted by Gasteiger charge is 2.57. The van der Waals surface area contributed by atoms with Crippen molar-refractivity contribution in [2.24, 2.45) is 5.92 Å². The third-order valence-corrected chi connectivity index (χ3v) is 8.68. The lowest BCUT2D eigenvalue weighted by atomic mass is 9.78. The van der Waals surface area contributed by atoms with Crippen molar-refractivity contribution in [1.82, 2.24) is 0 Å². The molecule has 6 heteroatoms. The summed E-state index contributed by atoms with van der Waals surface area (Å²) in [4.78, 5) is 11.6. The first-order valence-corrected chi connectivity index (χ1v) is 12.5. The zero-order valence-corrected chi connectivity index (χ0v) is 18.6. The summed E-state index contributed by atoms with van der Waals surface area (Å²) in [5, 5.41) is -1.37. The average Bonchev–Trinajstić information content (AvgIpc) is 3.25. The van der Waals surface area contributed by atoms with Crippen LogP contribution in [-0.2, 0) is 14.2 Å². The second kappa shape index (κ2) is 9.72. The van der Waals surface area contributed by atoms with Crippen LogP contribution in [0.2, 0.25) is 0 Å². The summed E-state index contributed by atoms with van der Waals surface area (Å²) in [6.07, 6.45) is 5.18. The summed E-state index contributed by atoms with van der Waals surface area (Å²) in [6.45, 7) is 3.95. The van der Waals surface area contributed by atoms with Gasteiger partial charge in [-0.15, -0.1) is 0 Å². The Morgan fingerprint density at radius 1 is 1.00 bits per heavy atom. The van der Waals surface area contributed by atoms with Gasteiger partial charge in [-0.25, -0.2) is 8.78 Å². The van der Waals surface area contributed by atoms with E-state index >= 15 is 0 Å². The molecule has 3 nitrogen and oxygen atoms in total. The van der Waals surface area contributed by atoms with Gasteiger partial charge in [0.1, 0.15) is 16.8 Å². The Morgan fingerprint density at radius 2 is 1.47 bits per heavy atom. The molecule has 2 aromatic carbocycles. The van der Waals surface area contributed by atoms with Crippen molar-refractivity contribution < 1.29 is 22.8 Å². The van der Waals surface area contributed by atoms with Gasteiger partial charge in [-0.05, 0) is 67.0 Å². The molecule has 1 saturated carbocycles. The fraction of sp³-hybridized carbons (Fsp3) is 0.500. The molecule has 0 radical (unpaired) electrons. The van der Waals surface area contributed by atoms with Crippen LogP contribution in [0, 0.1) is 17.6 Å². The first-order chi connectivity index (χ1) is 14.3. The van der Waals surface area contributed by atoms with Crippen molar-refractivity contribution in [2.75, 3.05) is 0 Å². The van der Waals surface area contributed by atoms with Crippen molar-refractivity contribution in [1.29, 1.82) is 0 Å². The van der Waals surface area contributed by atoms with Gasteiger partial charge in [0.15, 0.2) is 0 Å². The summed E-state index contributed by atoms with van der Waals surface area (Å²) >= 11 is 0. The standard InChI is InChI=1S/C24H31F2O3P/c1-3-7-23(4-2)29-30(27,28)24(18-8-5-6-9-18,19-10-14-21(25)15-11-19)20-12-16-22(26)17-13-20/h10-18,23H,3-9H2,1-2H3,(H,27,28). The molecule has 3 rings (SSSR count). The van der Waals surface area contributed by atoms with Crippen molar-refractivity contribution in [3.63, 3.8) is 0 Å². The Balaban J connectivity index is 2.25. The predicted octanol–water partition coefficient (Wildman–Crippen LogP) is 7.18. The van der Waals surface area contributed by atoms with Crippen LogP contribution < -0.4 is 0 Å². The molecular weight excluding hydrogens is 405 g/mol. The van der Waals surface area contributed by atoms with E-state index in [2.05, 4.69) is 0 Å². The lowest BCUT2D eigenvalue weighted by Gasteiger charge is -2.43.